The summed E-state index contributed by atoms with van der Waals surface area (Å²) in [6, 6.07) is 7.15. The molecule has 0 fully saturated rings. The number of thiazole rings is 1. The predicted octanol–water partition coefficient (Wildman–Crippen LogP) is 6.85. The van der Waals surface area contributed by atoms with Crippen molar-refractivity contribution < 1.29 is 31.5 Å². The van der Waals surface area contributed by atoms with Crippen molar-refractivity contribution in [1.29, 1.82) is 0 Å². The average molecular weight is 550 g/mol. The number of carbonyl (C=O) groups excluding carboxylic acids is 2. The van der Waals surface area contributed by atoms with Crippen LogP contribution in [0, 0.1) is 11.6 Å². The fourth-order valence-corrected chi connectivity index (χ4v) is 4.92. The quantitative estimate of drug-likeness (QED) is 0.274. The van der Waals surface area contributed by atoms with E-state index in [1.54, 1.807) is 11.6 Å². The molecule has 0 bridgehead atoms. The molecule has 1 aromatic heterocycles. The minimum atomic E-state index is -4.87. The topological polar surface area (TPSA) is 71.1 Å². The Morgan fingerprint density at radius 1 is 1.05 bits per heavy atom. The number of halogens is 6. The lowest BCUT2D eigenvalue weighted by Gasteiger charge is -2.19. The van der Waals surface area contributed by atoms with E-state index in [4.69, 9.17) is 11.6 Å². The standard InChI is InChI=1S/C25H13ClF5N3O2S/c26-18-2-1-14(27)8-16(18)22-21-17(24(36)34-22)5-11(20-9-32-10-37-20)6-19(21)33-23(35)12-3-13(25(29,30)31)7-15(28)4-12/h1-10,22H,(H,33,35)(H,34,36). The Hall–Kier alpha value is -3.83. The average Bonchev–Trinajstić information content (AvgIpc) is 3.48. The first-order chi connectivity index (χ1) is 17.5. The molecule has 0 aliphatic carbocycles. The molecule has 5 nitrogen and oxygen atoms in total. The maximum Gasteiger partial charge on any atom is 0.416 e. The second kappa shape index (κ2) is 9.24. The summed E-state index contributed by atoms with van der Waals surface area (Å²) in [4.78, 5) is 30.6. The molecular weight excluding hydrogens is 537 g/mol. The Kier molecular flexibility index (Phi) is 6.20. The Morgan fingerprint density at radius 2 is 1.84 bits per heavy atom. The van der Waals surface area contributed by atoms with Gasteiger partial charge >= 0.3 is 6.18 Å². The van der Waals surface area contributed by atoms with Gasteiger partial charge in [-0.25, -0.2) is 8.78 Å². The minimum Gasteiger partial charge on any atom is -0.341 e. The number of benzene rings is 3. The lowest BCUT2D eigenvalue weighted by Crippen LogP contribution is -2.21. The van der Waals surface area contributed by atoms with Gasteiger partial charge in [0.1, 0.15) is 11.6 Å². The van der Waals surface area contributed by atoms with Gasteiger partial charge in [-0.2, -0.15) is 13.2 Å². The van der Waals surface area contributed by atoms with Crippen LogP contribution in [-0.4, -0.2) is 16.8 Å². The van der Waals surface area contributed by atoms with Crippen LogP contribution in [0.3, 0.4) is 0 Å². The highest BCUT2D eigenvalue weighted by Gasteiger charge is 2.36. The lowest BCUT2D eigenvalue weighted by atomic mass is 9.94. The van der Waals surface area contributed by atoms with E-state index < -0.39 is 46.8 Å². The number of alkyl halides is 3. The van der Waals surface area contributed by atoms with Gasteiger partial charge in [0, 0.05) is 39.2 Å². The fraction of sp³-hybridized carbons (Fsp3) is 0.0800. The van der Waals surface area contributed by atoms with Crippen LogP contribution >= 0.6 is 22.9 Å². The molecule has 0 saturated heterocycles. The zero-order valence-corrected chi connectivity index (χ0v) is 19.9. The third-order valence-electron chi connectivity index (χ3n) is 5.71. The summed E-state index contributed by atoms with van der Waals surface area (Å²) in [6.07, 6.45) is -3.34. The van der Waals surface area contributed by atoms with E-state index in [2.05, 4.69) is 15.6 Å². The number of fused-ring (bicyclic) bond motifs is 1. The van der Waals surface area contributed by atoms with E-state index >= 15 is 0 Å². The first-order valence-electron chi connectivity index (χ1n) is 10.5. The van der Waals surface area contributed by atoms with Crippen LogP contribution in [0.15, 0.2) is 60.2 Å². The molecular formula is C25H13ClF5N3O2S. The zero-order valence-electron chi connectivity index (χ0n) is 18.3. The maximum atomic E-state index is 14.1. The molecule has 2 heterocycles. The van der Waals surface area contributed by atoms with E-state index in [-0.39, 0.29) is 33.5 Å². The van der Waals surface area contributed by atoms with Crippen LogP contribution in [0.25, 0.3) is 10.4 Å². The second-order valence-electron chi connectivity index (χ2n) is 8.10. The molecule has 2 N–H and O–H groups in total. The van der Waals surface area contributed by atoms with Gasteiger partial charge in [0.05, 0.1) is 22.0 Å². The molecule has 12 heteroatoms. The second-order valence-corrected chi connectivity index (χ2v) is 9.40. The molecule has 5 rings (SSSR count). The van der Waals surface area contributed by atoms with E-state index in [0.717, 1.165) is 12.1 Å². The first-order valence-corrected chi connectivity index (χ1v) is 11.8. The van der Waals surface area contributed by atoms with Gasteiger partial charge < -0.3 is 10.6 Å². The summed E-state index contributed by atoms with van der Waals surface area (Å²) in [5.74, 6) is -3.44. The van der Waals surface area contributed by atoms with Gasteiger partial charge in [-0.05, 0) is 54.1 Å². The highest BCUT2D eigenvalue weighted by atomic mass is 35.5. The summed E-state index contributed by atoms with van der Waals surface area (Å²) in [7, 11) is 0. The van der Waals surface area contributed by atoms with Crippen molar-refractivity contribution in [1.82, 2.24) is 10.3 Å². The van der Waals surface area contributed by atoms with Gasteiger partial charge in [-0.3, -0.25) is 14.6 Å². The van der Waals surface area contributed by atoms with E-state index in [1.807, 2.05) is 0 Å². The molecule has 1 unspecified atom stereocenters. The SMILES string of the molecule is O=C(Nc1cc(-c2cncs2)cc2c1C(c1cc(F)ccc1Cl)NC2=O)c1cc(F)cc(C(F)(F)F)c1. The number of rotatable bonds is 4. The lowest BCUT2D eigenvalue weighted by molar-refractivity contribution is -0.137. The highest BCUT2D eigenvalue weighted by molar-refractivity contribution is 7.13. The Bertz CT molecular complexity index is 1560. The molecule has 0 radical (unpaired) electrons. The van der Waals surface area contributed by atoms with Crippen molar-refractivity contribution in [3.8, 4) is 10.4 Å². The Balaban J connectivity index is 1.65. The maximum absolute atomic E-state index is 14.1. The molecule has 0 spiro atoms. The molecule has 3 aromatic carbocycles. The molecule has 1 aliphatic heterocycles. The number of anilines is 1. The zero-order chi connectivity index (χ0) is 26.5. The Labute approximate surface area is 214 Å². The minimum absolute atomic E-state index is 0.0485. The van der Waals surface area contributed by atoms with Crippen molar-refractivity contribution >= 4 is 40.4 Å². The number of hydrogen-bond acceptors (Lipinski definition) is 4. The number of amides is 2. The molecule has 37 heavy (non-hydrogen) atoms. The van der Waals surface area contributed by atoms with Crippen molar-refractivity contribution in [3.63, 3.8) is 0 Å². The third kappa shape index (κ3) is 4.79. The molecule has 188 valence electrons. The van der Waals surface area contributed by atoms with Gasteiger partial charge in [-0.15, -0.1) is 11.3 Å². The molecule has 2 amide bonds. The Morgan fingerprint density at radius 3 is 2.54 bits per heavy atom. The smallest absolute Gasteiger partial charge is 0.341 e. The van der Waals surface area contributed by atoms with Gasteiger partial charge in [0.15, 0.2) is 0 Å². The van der Waals surface area contributed by atoms with Crippen LogP contribution in [0.1, 0.15) is 43.4 Å². The van der Waals surface area contributed by atoms with Crippen molar-refractivity contribution in [2.75, 3.05) is 5.32 Å². The van der Waals surface area contributed by atoms with Gasteiger partial charge in [0.2, 0.25) is 0 Å². The molecule has 4 aromatic rings. The van der Waals surface area contributed by atoms with Crippen molar-refractivity contribution in [3.05, 3.63) is 105 Å². The fourth-order valence-electron chi connectivity index (χ4n) is 4.09. The van der Waals surface area contributed by atoms with Crippen LogP contribution in [0.2, 0.25) is 5.02 Å². The van der Waals surface area contributed by atoms with Crippen LogP contribution in [0.4, 0.5) is 27.6 Å². The highest BCUT2D eigenvalue weighted by Crippen LogP contribution is 2.42. The summed E-state index contributed by atoms with van der Waals surface area (Å²) >= 11 is 7.53. The van der Waals surface area contributed by atoms with Gasteiger partial charge in [0.25, 0.3) is 11.8 Å². The molecule has 1 atom stereocenters. The number of nitrogens with zero attached hydrogens (tertiary/aromatic N) is 1. The number of nitrogens with one attached hydrogen (secondary N) is 2. The number of aromatic nitrogens is 1. The molecule has 1 aliphatic rings. The van der Waals surface area contributed by atoms with Crippen molar-refractivity contribution in [2.24, 2.45) is 0 Å². The summed E-state index contributed by atoms with van der Waals surface area (Å²) in [6.45, 7) is 0. The van der Waals surface area contributed by atoms with Crippen LogP contribution in [0.5, 0.6) is 0 Å². The first kappa shape index (κ1) is 24.8. The van der Waals surface area contributed by atoms with E-state index in [0.29, 0.717) is 22.6 Å². The monoisotopic (exact) mass is 549 g/mol. The third-order valence-corrected chi connectivity index (χ3v) is 6.88. The largest absolute Gasteiger partial charge is 0.416 e. The molecule has 0 saturated carbocycles. The van der Waals surface area contributed by atoms with Crippen molar-refractivity contribution in [2.45, 2.75) is 12.2 Å². The normalized spacial score (nSPS) is 14.9. The summed E-state index contributed by atoms with van der Waals surface area (Å²) < 4.78 is 67.6. The van der Waals surface area contributed by atoms with E-state index in [1.165, 1.54) is 29.7 Å². The summed E-state index contributed by atoms with van der Waals surface area (Å²) in [5.41, 5.74) is 0.764. The summed E-state index contributed by atoms with van der Waals surface area (Å²) in [5, 5.41) is 5.35. The number of carbonyl (C=O) groups is 2. The van der Waals surface area contributed by atoms with Crippen LogP contribution < -0.4 is 10.6 Å². The van der Waals surface area contributed by atoms with E-state index in [9.17, 15) is 31.5 Å². The van der Waals surface area contributed by atoms with Crippen LogP contribution in [-0.2, 0) is 6.18 Å². The predicted molar refractivity (Wildman–Crippen MR) is 128 cm³/mol. The number of hydrogen-bond donors (Lipinski definition) is 2. The van der Waals surface area contributed by atoms with Gasteiger partial charge in [-0.1, -0.05) is 11.6 Å².